The summed E-state index contributed by atoms with van der Waals surface area (Å²) in [7, 11) is -3.74. The zero-order valence-corrected chi connectivity index (χ0v) is 12.0. The summed E-state index contributed by atoms with van der Waals surface area (Å²) >= 11 is 5.78. The van der Waals surface area contributed by atoms with Crippen LogP contribution >= 0.6 is 11.6 Å². The number of aryl methyl sites for hydroxylation is 2. The van der Waals surface area contributed by atoms with Gasteiger partial charge in [0.25, 0.3) is 10.0 Å². The van der Waals surface area contributed by atoms with Gasteiger partial charge in [0.2, 0.25) is 0 Å². The number of aromatic nitrogens is 3. The van der Waals surface area contributed by atoms with Gasteiger partial charge in [0.15, 0.2) is 5.03 Å². The van der Waals surface area contributed by atoms with Crippen molar-refractivity contribution in [2.75, 3.05) is 4.72 Å². The van der Waals surface area contributed by atoms with Gasteiger partial charge in [-0.1, -0.05) is 11.6 Å². The Morgan fingerprint density at radius 1 is 1.47 bits per heavy atom. The molecule has 1 N–H and O–H groups in total. The largest absolute Gasteiger partial charge is 0.334 e. The van der Waals surface area contributed by atoms with E-state index in [4.69, 9.17) is 11.6 Å². The summed E-state index contributed by atoms with van der Waals surface area (Å²) in [5.41, 5.74) is 0. The minimum Gasteiger partial charge on any atom is -0.334 e. The van der Waals surface area contributed by atoms with Crippen molar-refractivity contribution >= 4 is 27.4 Å². The summed E-state index contributed by atoms with van der Waals surface area (Å²) in [5.74, 6) is 0.804. The molecule has 102 valence electrons. The van der Waals surface area contributed by atoms with E-state index in [2.05, 4.69) is 14.7 Å². The van der Waals surface area contributed by atoms with E-state index in [-0.39, 0.29) is 10.8 Å². The average molecular weight is 301 g/mol. The average Bonchev–Trinajstić information content (AvgIpc) is 2.71. The zero-order valence-electron chi connectivity index (χ0n) is 10.5. The Labute approximate surface area is 116 Å². The molecular formula is C11H13ClN4O2S. The molecule has 0 aromatic carbocycles. The highest BCUT2D eigenvalue weighted by Crippen LogP contribution is 2.17. The van der Waals surface area contributed by atoms with E-state index >= 15 is 0 Å². The molecule has 0 saturated heterocycles. The van der Waals surface area contributed by atoms with E-state index in [0.29, 0.717) is 17.4 Å². The highest BCUT2D eigenvalue weighted by molar-refractivity contribution is 7.92. The lowest BCUT2D eigenvalue weighted by Crippen LogP contribution is -2.14. The number of rotatable bonds is 4. The molecule has 0 fully saturated rings. The Morgan fingerprint density at radius 3 is 2.79 bits per heavy atom. The molecule has 6 nitrogen and oxygen atoms in total. The molecule has 0 atom stereocenters. The fourth-order valence-corrected chi connectivity index (χ4v) is 2.75. The SMILES string of the molecule is CCn1cc(S(=O)(=O)Nc2cc(Cl)ccn2)nc1C. The molecule has 0 amide bonds. The zero-order chi connectivity index (χ0) is 14.0. The van der Waals surface area contributed by atoms with Gasteiger partial charge in [0, 0.05) is 30.0 Å². The van der Waals surface area contributed by atoms with Crippen molar-refractivity contribution in [3.8, 4) is 0 Å². The molecule has 2 heterocycles. The summed E-state index contributed by atoms with van der Waals surface area (Å²) < 4.78 is 28.3. The monoisotopic (exact) mass is 300 g/mol. The molecule has 0 unspecified atom stereocenters. The van der Waals surface area contributed by atoms with Gasteiger partial charge in [0.1, 0.15) is 11.6 Å². The second kappa shape index (κ2) is 5.18. The van der Waals surface area contributed by atoms with Crippen molar-refractivity contribution < 1.29 is 8.42 Å². The number of hydrogen-bond donors (Lipinski definition) is 1. The maximum absolute atomic E-state index is 12.1. The van der Waals surface area contributed by atoms with E-state index < -0.39 is 10.0 Å². The minimum atomic E-state index is -3.74. The second-order valence-corrected chi connectivity index (χ2v) is 5.94. The molecule has 0 saturated carbocycles. The predicted octanol–water partition coefficient (Wildman–Crippen LogP) is 2.06. The van der Waals surface area contributed by atoms with E-state index in [0.717, 1.165) is 0 Å². The summed E-state index contributed by atoms with van der Waals surface area (Å²) in [4.78, 5) is 7.91. The third kappa shape index (κ3) is 3.05. The van der Waals surface area contributed by atoms with Gasteiger partial charge in [-0.05, 0) is 19.9 Å². The summed E-state index contributed by atoms with van der Waals surface area (Å²) in [6.07, 6.45) is 2.91. The van der Waals surface area contributed by atoms with Gasteiger partial charge in [-0.3, -0.25) is 4.72 Å². The van der Waals surface area contributed by atoms with Crippen LogP contribution in [0.1, 0.15) is 12.7 Å². The van der Waals surface area contributed by atoms with Gasteiger partial charge < -0.3 is 4.57 Å². The number of anilines is 1. The number of pyridine rings is 1. The second-order valence-electron chi connectivity index (χ2n) is 3.88. The summed E-state index contributed by atoms with van der Waals surface area (Å²) in [6, 6.07) is 3.00. The Morgan fingerprint density at radius 2 is 2.21 bits per heavy atom. The molecule has 8 heteroatoms. The van der Waals surface area contributed by atoms with E-state index in [1.54, 1.807) is 17.6 Å². The van der Waals surface area contributed by atoms with Crippen molar-refractivity contribution in [1.82, 2.24) is 14.5 Å². The third-order valence-electron chi connectivity index (χ3n) is 2.53. The van der Waals surface area contributed by atoms with Crippen LogP contribution in [0.3, 0.4) is 0 Å². The van der Waals surface area contributed by atoms with Crippen LogP contribution in [0.5, 0.6) is 0 Å². The number of nitrogens with zero attached hydrogens (tertiary/aromatic N) is 3. The van der Waals surface area contributed by atoms with Crippen LogP contribution in [0.25, 0.3) is 0 Å². The molecule has 2 aromatic heterocycles. The number of sulfonamides is 1. The normalized spacial score (nSPS) is 11.5. The quantitative estimate of drug-likeness (QED) is 0.937. The van der Waals surface area contributed by atoms with Gasteiger partial charge in [-0.2, -0.15) is 8.42 Å². The fraction of sp³-hybridized carbons (Fsp3) is 0.273. The molecule has 2 rings (SSSR count). The van der Waals surface area contributed by atoms with Gasteiger partial charge in [-0.25, -0.2) is 9.97 Å². The predicted molar refractivity (Wildman–Crippen MR) is 72.7 cm³/mol. The maximum Gasteiger partial charge on any atom is 0.282 e. The first-order valence-corrected chi connectivity index (χ1v) is 7.46. The Kier molecular flexibility index (Phi) is 3.77. The number of hydrogen-bond acceptors (Lipinski definition) is 4. The van der Waals surface area contributed by atoms with Crippen molar-refractivity contribution in [1.29, 1.82) is 0 Å². The van der Waals surface area contributed by atoms with Gasteiger partial charge in [0.05, 0.1) is 0 Å². The van der Waals surface area contributed by atoms with Crippen LogP contribution in [-0.4, -0.2) is 23.0 Å². The van der Waals surface area contributed by atoms with Crippen molar-refractivity contribution in [3.05, 3.63) is 35.4 Å². The van der Waals surface area contributed by atoms with E-state index in [1.165, 1.54) is 18.5 Å². The van der Waals surface area contributed by atoms with Crippen molar-refractivity contribution in [2.24, 2.45) is 0 Å². The van der Waals surface area contributed by atoms with Crippen molar-refractivity contribution in [2.45, 2.75) is 25.4 Å². The molecule has 0 radical (unpaired) electrons. The maximum atomic E-state index is 12.1. The first-order chi connectivity index (χ1) is 8.92. The van der Waals surface area contributed by atoms with Crippen molar-refractivity contribution in [3.63, 3.8) is 0 Å². The highest BCUT2D eigenvalue weighted by Gasteiger charge is 2.19. The first kappa shape index (κ1) is 13.8. The van der Waals surface area contributed by atoms with Crippen LogP contribution in [0.15, 0.2) is 29.6 Å². The lowest BCUT2D eigenvalue weighted by Gasteiger charge is -2.04. The standard InChI is InChI=1S/C11H13ClN4O2S/c1-3-16-7-11(14-8(16)2)19(17,18)15-10-6-9(12)4-5-13-10/h4-7H,3H2,1-2H3,(H,13,15). The molecular weight excluding hydrogens is 288 g/mol. The first-order valence-electron chi connectivity index (χ1n) is 5.60. The fourth-order valence-electron chi connectivity index (χ4n) is 1.58. The molecule has 19 heavy (non-hydrogen) atoms. The lowest BCUT2D eigenvalue weighted by atomic mass is 10.5. The highest BCUT2D eigenvalue weighted by atomic mass is 35.5. The molecule has 2 aromatic rings. The van der Waals surface area contributed by atoms with Gasteiger partial charge in [-0.15, -0.1) is 0 Å². The summed E-state index contributed by atoms with van der Waals surface area (Å²) in [5, 5.41) is 0.372. The van der Waals surface area contributed by atoms with Gasteiger partial charge >= 0.3 is 0 Å². The number of imidazole rings is 1. The smallest absolute Gasteiger partial charge is 0.282 e. The van der Waals surface area contributed by atoms with Crippen LogP contribution in [0.4, 0.5) is 5.82 Å². The van der Waals surface area contributed by atoms with Crippen LogP contribution in [0.2, 0.25) is 5.02 Å². The molecule has 0 aliphatic carbocycles. The molecule has 0 bridgehead atoms. The molecule has 0 spiro atoms. The van der Waals surface area contributed by atoms with Crippen LogP contribution in [-0.2, 0) is 16.6 Å². The molecule has 0 aliphatic rings. The van der Waals surface area contributed by atoms with E-state index in [1.807, 2.05) is 6.92 Å². The van der Waals surface area contributed by atoms with E-state index in [9.17, 15) is 8.42 Å². The van der Waals surface area contributed by atoms with Crippen LogP contribution < -0.4 is 4.72 Å². The Hall–Kier alpha value is -1.60. The number of halogens is 1. The van der Waals surface area contributed by atoms with Crippen LogP contribution in [0, 0.1) is 6.92 Å². The Bertz CT molecular complexity index is 696. The summed E-state index contributed by atoms with van der Waals surface area (Å²) in [6.45, 7) is 4.32. The lowest BCUT2D eigenvalue weighted by molar-refractivity contribution is 0.597. The molecule has 0 aliphatic heterocycles. The minimum absolute atomic E-state index is 0.0337. The number of nitrogens with one attached hydrogen (secondary N) is 1. The third-order valence-corrected chi connectivity index (χ3v) is 3.99. The topological polar surface area (TPSA) is 76.9 Å². The Balaban J connectivity index is 2.32.